The van der Waals surface area contributed by atoms with Crippen LogP contribution in [0, 0.1) is 0 Å². The number of para-hydroxylation sites is 1. The minimum atomic E-state index is -2.10. The van der Waals surface area contributed by atoms with Crippen LogP contribution in [0.15, 0.2) is 48.5 Å². The van der Waals surface area contributed by atoms with E-state index in [1.807, 2.05) is 36.4 Å². The van der Waals surface area contributed by atoms with Gasteiger partial charge in [0.05, 0.1) is 0 Å². The van der Waals surface area contributed by atoms with Gasteiger partial charge in [-0.15, -0.1) is 0 Å². The first-order valence-electron chi connectivity index (χ1n) is 5.17. The fraction of sp³-hybridized carbons (Fsp3) is 0.0769. The minimum absolute atomic E-state index is 0. The molecule has 0 saturated carbocycles. The molecule has 0 aromatic heterocycles. The Bertz CT molecular complexity index is 603. The van der Waals surface area contributed by atoms with Crippen molar-refractivity contribution in [2.24, 2.45) is 0 Å². The van der Waals surface area contributed by atoms with Crippen molar-refractivity contribution in [2.75, 3.05) is 5.73 Å². The second-order valence-electron chi connectivity index (χ2n) is 3.69. The summed E-state index contributed by atoms with van der Waals surface area (Å²) in [7, 11) is -2.10. The van der Waals surface area contributed by atoms with Gasteiger partial charge in [-0.3, -0.25) is 0 Å². The van der Waals surface area contributed by atoms with Crippen molar-refractivity contribution < 1.29 is 28.8 Å². The van der Waals surface area contributed by atoms with E-state index in [2.05, 4.69) is 0 Å². The van der Waals surface area contributed by atoms with E-state index in [-0.39, 0.29) is 26.2 Å². The van der Waals surface area contributed by atoms with Crippen LogP contribution >= 0.6 is 0 Å². The van der Waals surface area contributed by atoms with Crippen LogP contribution in [0.3, 0.4) is 0 Å². The van der Waals surface area contributed by atoms with Crippen molar-refractivity contribution in [1.29, 1.82) is 0 Å². The Morgan fingerprint density at radius 2 is 1.44 bits per heavy atom. The van der Waals surface area contributed by atoms with Crippen LogP contribution in [-0.4, -0.2) is 0 Å². The van der Waals surface area contributed by atoms with Crippen LogP contribution in [0.2, 0.25) is 0 Å². The number of rotatable bonds is 3. The Morgan fingerprint density at radius 3 is 2.06 bits per heavy atom. The Labute approximate surface area is 122 Å². The van der Waals surface area contributed by atoms with Gasteiger partial charge in [0.25, 0.3) is 0 Å². The first-order valence-corrected chi connectivity index (χ1v) is 6.41. The van der Waals surface area contributed by atoms with Gasteiger partial charge in [-0.2, -0.15) is 0 Å². The summed E-state index contributed by atoms with van der Waals surface area (Å²) < 4.78 is 21.6. The number of hydrogen-bond acceptors (Lipinski definition) is 4. The summed E-state index contributed by atoms with van der Waals surface area (Å²) in [5.41, 5.74) is 9.05. The number of hydrogen-bond donors (Lipinski definition) is 1. The quantitative estimate of drug-likeness (QED) is 0.525. The average molecular weight is 353 g/mol. The van der Waals surface area contributed by atoms with E-state index >= 15 is 0 Å². The summed E-state index contributed by atoms with van der Waals surface area (Å²) in [6.07, 6.45) is 0. The fourth-order valence-corrected chi connectivity index (χ4v) is 2.28. The van der Waals surface area contributed by atoms with E-state index in [4.69, 9.17) is 5.73 Å². The van der Waals surface area contributed by atoms with Gasteiger partial charge in [0, 0.05) is 11.3 Å². The molecule has 0 radical (unpaired) electrons. The molecule has 0 bridgehead atoms. The number of benzene rings is 2. The van der Waals surface area contributed by atoms with Crippen LogP contribution in [0.4, 0.5) is 5.69 Å². The molecule has 3 nitrogen and oxygen atoms in total. The summed E-state index contributed by atoms with van der Waals surface area (Å²) in [5.74, 6) is 0.00447. The van der Waals surface area contributed by atoms with Gasteiger partial charge in [-0.05, 0) is 17.4 Å². The Kier molecular flexibility index (Phi) is 5.55. The third kappa shape index (κ3) is 3.42. The van der Waals surface area contributed by atoms with E-state index in [0.717, 1.165) is 16.7 Å². The fourth-order valence-electron chi connectivity index (χ4n) is 1.78. The molecule has 18 heavy (non-hydrogen) atoms. The standard InChI is InChI=1S/C13H12NO2S.Pd/c14-13-8-4-3-7-12(13)11-6-2-1-5-10(11)9-17(15)16;/h1-8H,9,14H2;/q-1;+2. The van der Waals surface area contributed by atoms with Gasteiger partial charge < -0.3 is 14.2 Å². The van der Waals surface area contributed by atoms with Gasteiger partial charge in [0.15, 0.2) is 0 Å². The van der Waals surface area contributed by atoms with Gasteiger partial charge in [0.2, 0.25) is 0 Å². The second kappa shape index (κ2) is 6.70. The molecule has 0 fully saturated rings. The molecule has 0 aliphatic rings. The molecule has 0 saturated heterocycles. The second-order valence-corrected chi connectivity index (χ2v) is 4.59. The van der Waals surface area contributed by atoms with Crippen molar-refractivity contribution in [3.8, 4) is 11.1 Å². The van der Waals surface area contributed by atoms with E-state index in [1.54, 1.807) is 12.1 Å². The molecule has 0 aliphatic heterocycles. The molecule has 2 aromatic rings. The molecule has 5 heteroatoms. The van der Waals surface area contributed by atoms with Crippen LogP contribution in [0.5, 0.6) is 0 Å². The smallest absolute Gasteiger partial charge is 0.424 e. The van der Waals surface area contributed by atoms with E-state index in [0.29, 0.717) is 5.69 Å². The van der Waals surface area contributed by atoms with Crippen molar-refractivity contribution in [2.45, 2.75) is 5.75 Å². The van der Waals surface area contributed by atoms with Crippen molar-refractivity contribution in [3.05, 3.63) is 54.1 Å². The predicted molar refractivity (Wildman–Crippen MR) is 68.7 cm³/mol. The van der Waals surface area contributed by atoms with Crippen LogP contribution in [0.25, 0.3) is 11.1 Å². The normalized spacial score (nSPS) is 10.1. The van der Waals surface area contributed by atoms with E-state index < -0.39 is 10.7 Å². The van der Waals surface area contributed by atoms with Gasteiger partial charge in [-0.25, -0.2) is 0 Å². The zero-order valence-electron chi connectivity index (χ0n) is 9.44. The molecule has 0 atom stereocenters. The number of nitrogen functional groups attached to an aromatic ring is 1. The monoisotopic (exact) mass is 352 g/mol. The van der Waals surface area contributed by atoms with Gasteiger partial charge >= 0.3 is 20.4 Å². The number of anilines is 1. The summed E-state index contributed by atoms with van der Waals surface area (Å²) in [6.45, 7) is 0. The van der Waals surface area contributed by atoms with E-state index in [9.17, 15) is 8.42 Å². The maximum absolute atomic E-state index is 10.8. The largest absolute Gasteiger partial charge is 2.00 e. The molecule has 0 spiro atoms. The molecule has 2 aromatic carbocycles. The summed E-state index contributed by atoms with van der Waals surface area (Å²) in [6, 6.07) is 14.8. The third-order valence-corrected chi connectivity index (χ3v) is 3.09. The minimum Gasteiger partial charge on any atom is -0.424 e. The maximum Gasteiger partial charge on any atom is 2.00 e. The van der Waals surface area contributed by atoms with Gasteiger partial charge in [-0.1, -0.05) is 58.7 Å². The molecular weight excluding hydrogens is 341 g/mol. The SMILES string of the molecule is Nc1ccccc1-c1ccccc1C[S-](=O)=O.[Pd+2]. The molecule has 0 unspecified atom stereocenters. The molecule has 2 rings (SSSR count). The predicted octanol–water partition coefficient (Wildman–Crippen LogP) is 2.74. The Hall–Kier alpha value is -1.15. The zero-order valence-corrected chi connectivity index (χ0v) is 11.8. The molecule has 0 aliphatic carbocycles. The van der Waals surface area contributed by atoms with E-state index in [1.165, 1.54) is 0 Å². The molecular formula is C13H12NO2PdS+. The summed E-state index contributed by atoms with van der Waals surface area (Å²) in [4.78, 5) is 0. The molecule has 0 heterocycles. The van der Waals surface area contributed by atoms with Crippen LogP contribution in [-0.2, 0) is 45.3 Å². The third-order valence-electron chi connectivity index (χ3n) is 2.54. The van der Waals surface area contributed by atoms with Crippen LogP contribution < -0.4 is 5.73 Å². The number of nitrogens with two attached hydrogens (primary N) is 1. The first-order chi connectivity index (χ1) is 8.18. The summed E-state index contributed by atoms with van der Waals surface area (Å²) in [5, 5.41) is 0. The molecule has 96 valence electrons. The summed E-state index contributed by atoms with van der Waals surface area (Å²) >= 11 is 0. The topological polar surface area (TPSA) is 60.2 Å². The van der Waals surface area contributed by atoms with Crippen molar-refractivity contribution in [1.82, 2.24) is 0 Å². The first kappa shape index (κ1) is 14.9. The van der Waals surface area contributed by atoms with Crippen molar-refractivity contribution >= 4 is 16.4 Å². The Balaban J connectivity index is 0.00000162. The van der Waals surface area contributed by atoms with Crippen molar-refractivity contribution in [3.63, 3.8) is 0 Å². The average Bonchev–Trinajstić information content (AvgIpc) is 2.30. The maximum atomic E-state index is 10.8. The molecule has 0 amide bonds. The zero-order chi connectivity index (χ0) is 12.3. The Morgan fingerprint density at radius 1 is 0.889 bits per heavy atom. The van der Waals surface area contributed by atoms with Crippen LogP contribution in [0.1, 0.15) is 5.56 Å². The molecule has 2 N–H and O–H groups in total. The van der Waals surface area contributed by atoms with Gasteiger partial charge in [0.1, 0.15) is 0 Å².